The van der Waals surface area contributed by atoms with Crippen molar-refractivity contribution in [1.82, 2.24) is 4.90 Å². The standard InChI is InChI=1S/C6H16N2O2.C3H9NO/c7-1-2-8(3-5-9)4-6-10;1-3(4)2-5/h9-10H,1-7H2;3,5H,2,4H2,1H3. The van der Waals surface area contributed by atoms with E-state index in [9.17, 15) is 0 Å². The minimum atomic E-state index is -0.0602. The van der Waals surface area contributed by atoms with Gasteiger partial charge in [0.05, 0.1) is 19.8 Å². The molecule has 0 saturated carbocycles. The summed E-state index contributed by atoms with van der Waals surface area (Å²) >= 11 is 0. The average Bonchev–Trinajstić information content (AvgIpc) is 2.20. The summed E-state index contributed by atoms with van der Waals surface area (Å²) in [5.74, 6) is 0. The summed E-state index contributed by atoms with van der Waals surface area (Å²) in [7, 11) is 0. The topological polar surface area (TPSA) is 116 Å². The number of hydrogen-bond donors (Lipinski definition) is 5. The molecule has 0 radical (unpaired) electrons. The summed E-state index contributed by atoms with van der Waals surface area (Å²) in [5.41, 5.74) is 10.3. The Hall–Kier alpha value is -0.240. The number of aliphatic hydroxyl groups is 3. The molecular formula is C9H25N3O3. The second kappa shape index (κ2) is 13.8. The van der Waals surface area contributed by atoms with Crippen molar-refractivity contribution in [2.24, 2.45) is 11.5 Å². The average molecular weight is 223 g/mol. The second-order valence-electron chi connectivity index (χ2n) is 3.24. The van der Waals surface area contributed by atoms with Gasteiger partial charge in [-0.3, -0.25) is 4.90 Å². The van der Waals surface area contributed by atoms with Gasteiger partial charge in [-0.25, -0.2) is 0 Å². The summed E-state index contributed by atoms with van der Waals surface area (Å²) in [6, 6.07) is -0.0602. The SMILES string of the molecule is CC(N)CO.NCCN(CCO)CCO. The third kappa shape index (κ3) is 16.4. The number of hydrogen-bond acceptors (Lipinski definition) is 6. The Morgan fingerprint density at radius 1 is 1.07 bits per heavy atom. The lowest BCUT2D eigenvalue weighted by Gasteiger charge is -2.18. The van der Waals surface area contributed by atoms with Crippen molar-refractivity contribution in [3.63, 3.8) is 0 Å². The van der Waals surface area contributed by atoms with Crippen molar-refractivity contribution in [2.75, 3.05) is 46.0 Å². The van der Waals surface area contributed by atoms with Gasteiger partial charge in [-0.05, 0) is 6.92 Å². The first-order chi connectivity index (χ1) is 7.12. The van der Waals surface area contributed by atoms with E-state index in [4.69, 9.17) is 26.8 Å². The monoisotopic (exact) mass is 223 g/mol. The zero-order valence-electron chi connectivity index (χ0n) is 9.47. The lowest BCUT2D eigenvalue weighted by molar-refractivity contribution is 0.164. The predicted octanol–water partition coefficient (Wildman–Crippen LogP) is -2.44. The molecule has 1 unspecified atom stereocenters. The van der Waals surface area contributed by atoms with E-state index in [-0.39, 0.29) is 25.9 Å². The van der Waals surface area contributed by atoms with Crippen LogP contribution < -0.4 is 11.5 Å². The second-order valence-corrected chi connectivity index (χ2v) is 3.24. The van der Waals surface area contributed by atoms with Crippen LogP contribution in [0.1, 0.15) is 6.92 Å². The van der Waals surface area contributed by atoms with Crippen molar-refractivity contribution in [3.05, 3.63) is 0 Å². The lowest BCUT2D eigenvalue weighted by Crippen LogP contribution is -2.34. The molecule has 0 aromatic carbocycles. The first-order valence-corrected chi connectivity index (χ1v) is 5.12. The fourth-order valence-corrected chi connectivity index (χ4v) is 0.801. The first kappa shape index (κ1) is 17.2. The number of nitrogens with zero attached hydrogens (tertiary/aromatic N) is 1. The highest BCUT2D eigenvalue weighted by molar-refractivity contribution is 4.55. The maximum absolute atomic E-state index is 8.53. The van der Waals surface area contributed by atoms with Crippen molar-refractivity contribution in [2.45, 2.75) is 13.0 Å². The molecule has 0 aromatic heterocycles. The molecular weight excluding hydrogens is 198 g/mol. The van der Waals surface area contributed by atoms with E-state index < -0.39 is 0 Å². The van der Waals surface area contributed by atoms with Crippen LogP contribution in [0.25, 0.3) is 0 Å². The molecule has 0 rings (SSSR count). The Bertz CT molecular complexity index is 101. The number of rotatable bonds is 7. The molecule has 0 aliphatic heterocycles. The van der Waals surface area contributed by atoms with Gasteiger partial charge in [0.25, 0.3) is 0 Å². The van der Waals surface area contributed by atoms with Gasteiger partial charge in [-0.2, -0.15) is 0 Å². The summed E-state index contributed by atoms with van der Waals surface area (Å²) in [5, 5.41) is 25.1. The molecule has 0 aliphatic carbocycles. The normalized spacial score (nSPS) is 12.2. The molecule has 1 atom stereocenters. The highest BCUT2D eigenvalue weighted by Gasteiger charge is 1.99. The van der Waals surface area contributed by atoms with E-state index in [2.05, 4.69) is 0 Å². The summed E-state index contributed by atoms with van der Waals surface area (Å²) in [4.78, 5) is 1.92. The maximum atomic E-state index is 8.53. The number of nitrogens with two attached hydrogens (primary N) is 2. The van der Waals surface area contributed by atoms with Gasteiger partial charge < -0.3 is 26.8 Å². The van der Waals surface area contributed by atoms with E-state index in [1.54, 1.807) is 6.92 Å². The first-order valence-electron chi connectivity index (χ1n) is 5.12. The Morgan fingerprint density at radius 3 is 1.67 bits per heavy atom. The Labute approximate surface area is 91.5 Å². The van der Waals surface area contributed by atoms with Crippen LogP contribution in [-0.4, -0.2) is 72.3 Å². The summed E-state index contributed by atoms with van der Waals surface area (Å²) in [6.45, 7) is 4.58. The quantitative estimate of drug-likeness (QED) is 0.327. The smallest absolute Gasteiger partial charge is 0.0579 e. The molecule has 6 heteroatoms. The molecule has 7 N–H and O–H groups in total. The minimum Gasteiger partial charge on any atom is -0.395 e. The van der Waals surface area contributed by atoms with Crippen LogP contribution in [0.5, 0.6) is 0 Å². The van der Waals surface area contributed by atoms with Crippen LogP contribution in [0.4, 0.5) is 0 Å². The third-order valence-electron chi connectivity index (χ3n) is 1.57. The summed E-state index contributed by atoms with van der Waals surface area (Å²) < 4.78 is 0. The summed E-state index contributed by atoms with van der Waals surface area (Å²) in [6.07, 6.45) is 0. The molecule has 0 bridgehead atoms. The van der Waals surface area contributed by atoms with Gasteiger partial charge in [0.2, 0.25) is 0 Å². The molecule has 15 heavy (non-hydrogen) atoms. The van der Waals surface area contributed by atoms with E-state index in [1.807, 2.05) is 4.90 Å². The fourth-order valence-electron chi connectivity index (χ4n) is 0.801. The van der Waals surface area contributed by atoms with Crippen LogP contribution in [0.15, 0.2) is 0 Å². The Morgan fingerprint density at radius 2 is 1.47 bits per heavy atom. The van der Waals surface area contributed by atoms with Gasteiger partial charge in [-0.15, -0.1) is 0 Å². The van der Waals surface area contributed by atoms with Gasteiger partial charge >= 0.3 is 0 Å². The van der Waals surface area contributed by atoms with E-state index in [0.29, 0.717) is 19.6 Å². The zero-order valence-corrected chi connectivity index (χ0v) is 9.47. The van der Waals surface area contributed by atoms with E-state index in [1.165, 1.54) is 0 Å². The van der Waals surface area contributed by atoms with Crippen LogP contribution in [0.2, 0.25) is 0 Å². The molecule has 6 nitrogen and oxygen atoms in total. The molecule has 0 spiro atoms. The van der Waals surface area contributed by atoms with Crippen LogP contribution >= 0.6 is 0 Å². The Balaban J connectivity index is 0. The minimum absolute atomic E-state index is 0.0602. The molecule has 0 aromatic rings. The fraction of sp³-hybridized carbons (Fsp3) is 1.00. The largest absolute Gasteiger partial charge is 0.395 e. The third-order valence-corrected chi connectivity index (χ3v) is 1.57. The zero-order chi connectivity index (χ0) is 12.1. The van der Waals surface area contributed by atoms with Crippen molar-refractivity contribution < 1.29 is 15.3 Å². The molecule has 94 valence electrons. The molecule has 0 saturated heterocycles. The maximum Gasteiger partial charge on any atom is 0.0579 e. The molecule has 0 amide bonds. The lowest BCUT2D eigenvalue weighted by atomic mass is 10.4. The van der Waals surface area contributed by atoms with Crippen LogP contribution in [0, 0.1) is 0 Å². The van der Waals surface area contributed by atoms with E-state index >= 15 is 0 Å². The number of aliphatic hydroxyl groups excluding tert-OH is 3. The molecule has 0 fully saturated rings. The van der Waals surface area contributed by atoms with Crippen LogP contribution in [-0.2, 0) is 0 Å². The Kier molecular flexibility index (Phi) is 15.7. The highest BCUT2D eigenvalue weighted by Crippen LogP contribution is 1.83. The van der Waals surface area contributed by atoms with Gasteiger partial charge in [0, 0.05) is 32.2 Å². The molecule has 0 heterocycles. The highest BCUT2D eigenvalue weighted by atomic mass is 16.3. The van der Waals surface area contributed by atoms with E-state index in [0.717, 1.165) is 6.54 Å². The molecule has 0 aliphatic rings. The van der Waals surface area contributed by atoms with Crippen LogP contribution in [0.3, 0.4) is 0 Å². The van der Waals surface area contributed by atoms with Gasteiger partial charge in [0.1, 0.15) is 0 Å². The predicted molar refractivity (Wildman–Crippen MR) is 60.4 cm³/mol. The van der Waals surface area contributed by atoms with Crippen molar-refractivity contribution in [3.8, 4) is 0 Å². The van der Waals surface area contributed by atoms with Gasteiger partial charge in [0.15, 0.2) is 0 Å². The van der Waals surface area contributed by atoms with Crippen molar-refractivity contribution in [1.29, 1.82) is 0 Å². The van der Waals surface area contributed by atoms with Gasteiger partial charge in [-0.1, -0.05) is 0 Å². The van der Waals surface area contributed by atoms with Crippen molar-refractivity contribution >= 4 is 0 Å².